The minimum Gasteiger partial charge on any atom is -0.449 e. The SMILES string of the molecule is C[C@H](OC(=O)c1ccc(NS(=O)(=O)c2cccs2)cc1)C(=O)N1CCCC1. The van der Waals surface area contributed by atoms with Crippen molar-refractivity contribution in [2.24, 2.45) is 0 Å². The second-order valence-corrected chi connectivity index (χ2v) is 9.05. The number of anilines is 1. The summed E-state index contributed by atoms with van der Waals surface area (Å²) in [6.07, 6.45) is 1.08. The maximum Gasteiger partial charge on any atom is 0.338 e. The number of nitrogens with zero attached hydrogens (tertiary/aromatic N) is 1. The first kappa shape index (κ1) is 19.4. The summed E-state index contributed by atoms with van der Waals surface area (Å²) in [5, 5.41) is 1.68. The van der Waals surface area contributed by atoms with Gasteiger partial charge in [0.05, 0.1) is 5.56 Å². The van der Waals surface area contributed by atoms with Crippen molar-refractivity contribution in [1.29, 1.82) is 0 Å². The van der Waals surface area contributed by atoms with Gasteiger partial charge in [0.15, 0.2) is 6.10 Å². The van der Waals surface area contributed by atoms with Gasteiger partial charge < -0.3 is 9.64 Å². The molecule has 0 saturated carbocycles. The van der Waals surface area contributed by atoms with E-state index in [1.54, 1.807) is 23.3 Å². The van der Waals surface area contributed by atoms with Gasteiger partial charge in [-0.2, -0.15) is 0 Å². The van der Waals surface area contributed by atoms with Crippen molar-refractivity contribution >= 4 is 38.9 Å². The number of esters is 1. The van der Waals surface area contributed by atoms with Gasteiger partial charge in [-0.15, -0.1) is 11.3 Å². The van der Waals surface area contributed by atoms with E-state index < -0.39 is 22.1 Å². The Morgan fingerprint density at radius 3 is 2.41 bits per heavy atom. The number of rotatable bonds is 6. The molecule has 0 unspecified atom stereocenters. The number of ether oxygens (including phenoxy) is 1. The summed E-state index contributed by atoms with van der Waals surface area (Å²) in [5.74, 6) is -0.816. The highest BCUT2D eigenvalue weighted by Gasteiger charge is 2.26. The molecule has 9 heteroatoms. The smallest absolute Gasteiger partial charge is 0.338 e. The van der Waals surface area contributed by atoms with E-state index in [0.717, 1.165) is 24.2 Å². The lowest BCUT2D eigenvalue weighted by Crippen LogP contribution is -2.38. The Kier molecular flexibility index (Phi) is 5.81. The molecule has 1 N–H and O–H groups in total. The Balaban J connectivity index is 1.61. The molecule has 2 heterocycles. The minimum absolute atomic E-state index is 0.193. The fraction of sp³-hybridized carbons (Fsp3) is 0.333. The van der Waals surface area contributed by atoms with Crippen LogP contribution in [-0.2, 0) is 19.6 Å². The van der Waals surface area contributed by atoms with Crippen molar-refractivity contribution in [3.63, 3.8) is 0 Å². The predicted octanol–water partition coefficient (Wildman–Crippen LogP) is 2.72. The molecule has 1 aliphatic rings. The molecule has 1 atom stereocenters. The van der Waals surface area contributed by atoms with Crippen molar-refractivity contribution < 1.29 is 22.7 Å². The molecule has 0 aliphatic carbocycles. The molecule has 0 bridgehead atoms. The standard InChI is InChI=1S/C18H20N2O5S2/c1-13(17(21)20-10-2-3-11-20)25-18(22)14-6-8-15(9-7-14)19-27(23,24)16-5-4-12-26-16/h4-9,12-13,19H,2-3,10-11H2,1H3/t13-/m0/s1. The van der Waals surface area contributed by atoms with Gasteiger partial charge in [0.25, 0.3) is 15.9 Å². The number of nitrogens with one attached hydrogen (secondary N) is 1. The lowest BCUT2D eigenvalue weighted by molar-refractivity contribution is -0.138. The van der Waals surface area contributed by atoms with Crippen LogP contribution in [0.2, 0.25) is 0 Å². The first-order valence-electron chi connectivity index (χ1n) is 8.53. The van der Waals surface area contributed by atoms with E-state index in [1.807, 2.05) is 0 Å². The highest BCUT2D eigenvalue weighted by Crippen LogP contribution is 2.21. The number of sulfonamides is 1. The number of thiophene rings is 1. The number of hydrogen-bond acceptors (Lipinski definition) is 6. The summed E-state index contributed by atoms with van der Waals surface area (Å²) in [4.78, 5) is 26.1. The molecule has 1 fully saturated rings. The van der Waals surface area contributed by atoms with Gasteiger partial charge in [-0.1, -0.05) is 6.07 Å². The number of likely N-dealkylation sites (tertiary alicyclic amines) is 1. The van der Waals surface area contributed by atoms with E-state index in [0.29, 0.717) is 18.8 Å². The fourth-order valence-corrected chi connectivity index (χ4v) is 4.82. The van der Waals surface area contributed by atoms with E-state index in [2.05, 4.69) is 4.72 Å². The Labute approximate surface area is 162 Å². The second-order valence-electron chi connectivity index (χ2n) is 6.19. The van der Waals surface area contributed by atoms with E-state index in [-0.39, 0.29) is 15.7 Å². The quantitative estimate of drug-likeness (QED) is 0.742. The number of hydrogen-bond donors (Lipinski definition) is 1. The summed E-state index contributed by atoms with van der Waals surface area (Å²) >= 11 is 1.12. The highest BCUT2D eigenvalue weighted by atomic mass is 32.2. The van der Waals surface area contributed by atoms with Gasteiger partial charge in [0, 0.05) is 18.8 Å². The maximum absolute atomic E-state index is 12.2. The first-order valence-corrected chi connectivity index (χ1v) is 10.9. The van der Waals surface area contributed by atoms with Crippen LogP contribution in [0.4, 0.5) is 5.69 Å². The molecule has 1 saturated heterocycles. The van der Waals surface area contributed by atoms with Crippen LogP contribution in [0, 0.1) is 0 Å². The van der Waals surface area contributed by atoms with Crippen molar-refractivity contribution in [2.45, 2.75) is 30.1 Å². The molecule has 1 aromatic heterocycles. The van der Waals surface area contributed by atoms with Gasteiger partial charge in [-0.25, -0.2) is 13.2 Å². The van der Waals surface area contributed by atoms with Gasteiger partial charge >= 0.3 is 5.97 Å². The number of benzene rings is 1. The summed E-state index contributed by atoms with van der Waals surface area (Å²) in [7, 11) is -3.64. The highest BCUT2D eigenvalue weighted by molar-refractivity contribution is 7.94. The van der Waals surface area contributed by atoms with Crippen LogP contribution in [0.1, 0.15) is 30.1 Å². The summed E-state index contributed by atoms with van der Waals surface area (Å²) in [6.45, 7) is 2.95. The normalized spacial score (nSPS) is 15.4. The predicted molar refractivity (Wildman–Crippen MR) is 102 cm³/mol. The summed E-state index contributed by atoms with van der Waals surface area (Å²) in [5.41, 5.74) is 0.580. The van der Waals surface area contributed by atoms with E-state index >= 15 is 0 Å². The van der Waals surface area contributed by atoms with Crippen LogP contribution >= 0.6 is 11.3 Å². The Hall–Kier alpha value is -2.39. The largest absolute Gasteiger partial charge is 0.449 e. The third kappa shape index (κ3) is 4.67. The fourth-order valence-electron chi connectivity index (χ4n) is 2.77. The molecule has 144 valence electrons. The van der Waals surface area contributed by atoms with Crippen molar-refractivity contribution in [1.82, 2.24) is 4.90 Å². The number of carbonyl (C=O) groups is 2. The molecule has 7 nitrogen and oxygen atoms in total. The van der Waals surface area contributed by atoms with Crippen molar-refractivity contribution in [3.8, 4) is 0 Å². The Bertz CT molecular complexity index is 902. The van der Waals surface area contributed by atoms with Crippen LogP contribution in [0.15, 0.2) is 46.0 Å². The molecule has 1 aromatic carbocycles. The van der Waals surface area contributed by atoms with Gasteiger partial charge in [-0.05, 0) is 55.5 Å². The Morgan fingerprint density at radius 1 is 1.15 bits per heavy atom. The lowest BCUT2D eigenvalue weighted by Gasteiger charge is -2.20. The van der Waals surface area contributed by atoms with Crippen LogP contribution in [0.5, 0.6) is 0 Å². The zero-order valence-electron chi connectivity index (χ0n) is 14.8. The topological polar surface area (TPSA) is 92.8 Å². The molecule has 1 aliphatic heterocycles. The lowest BCUT2D eigenvalue weighted by atomic mass is 10.2. The van der Waals surface area contributed by atoms with Gasteiger partial charge in [0.1, 0.15) is 4.21 Å². The summed E-state index contributed by atoms with van der Waals surface area (Å²) < 4.78 is 32.3. The Morgan fingerprint density at radius 2 is 1.81 bits per heavy atom. The molecule has 0 radical (unpaired) electrons. The molecule has 27 heavy (non-hydrogen) atoms. The average molecular weight is 409 g/mol. The van der Waals surface area contributed by atoms with Gasteiger partial charge in [-0.3, -0.25) is 9.52 Å². The number of carbonyl (C=O) groups excluding carboxylic acids is 2. The molecule has 0 spiro atoms. The first-order chi connectivity index (χ1) is 12.9. The molecule has 3 rings (SSSR count). The minimum atomic E-state index is -3.64. The zero-order valence-corrected chi connectivity index (χ0v) is 16.4. The van der Waals surface area contributed by atoms with E-state index in [9.17, 15) is 18.0 Å². The maximum atomic E-state index is 12.2. The van der Waals surface area contributed by atoms with E-state index in [4.69, 9.17) is 4.74 Å². The molecular weight excluding hydrogens is 388 g/mol. The van der Waals surface area contributed by atoms with Crippen LogP contribution in [-0.4, -0.2) is 44.4 Å². The number of amides is 1. The van der Waals surface area contributed by atoms with E-state index in [1.165, 1.54) is 30.3 Å². The monoisotopic (exact) mass is 408 g/mol. The third-order valence-corrected chi connectivity index (χ3v) is 6.96. The third-order valence-electron chi connectivity index (χ3n) is 4.18. The zero-order chi connectivity index (χ0) is 19.4. The molecule has 1 amide bonds. The summed E-state index contributed by atoms with van der Waals surface area (Å²) in [6, 6.07) is 9.05. The van der Waals surface area contributed by atoms with Crippen molar-refractivity contribution in [3.05, 3.63) is 47.3 Å². The van der Waals surface area contributed by atoms with Gasteiger partial charge in [0.2, 0.25) is 0 Å². The molecule has 2 aromatic rings. The van der Waals surface area contributed by atoms with Crippen molar-refractivity contribution in [2.75, 3.05) is 17.8 Å². The van der Waals surface area contributed by atoms with Crippen LogP contribution in [0.3, 0.4) is 0 Å². The second kappa shape index (κ2) is 8.10. The molecular formula is C18H20N2O5S2. The van der Waals surface area contributed by atoms with Crippen LogP contribution in [0.25, 0.3) is 0 Å². The average Bonchev–Trinajstić information content (AvgIpc) is 3.35. The van der Waals surface area contributed by atoms with Crippen LogP contribution < -0.4 is 4.72 Å².